The van der Waals surface area contributed by atoms with Crippen LogP contribution in [0.15, 0.2) is 36.1 Å². The standard InChI is InChI=1S/C11H11N3/c1-8-4-5-14-10(9(2)12-3)7-13-11(14)6-8/h4-7H,2-3H2,1H3. The van der Waals surface area contributed by atoms with E-state index in [0.717, 1.165) is 11.3 Å². The van der Waals surface area contributed by atoms with E-state index in [4.69, 9.17) is 0 Å². The van der Waals surface area contributed by atoms with Crippen LogP contribution in [0.3, 0.4) is 0 Å². The Hall–Kier alpha value is -1.90. The molecule has 0 saturated carbocycles. The highest BCUT2D eigenvalue weighted by Crippen LogP contribution is 2.15. The summed E-state index contributed by atoms with van der Waals surface area (Å²) in [5.74, 6) is 0. The molecule has 3 heteroatoms. The van der Waals surface area contributed by atoms with E-state index in [1.807, 2.05) is 29.7 Å². The molecule has 0 aromatic carbocycles. The van der Waals surface area contributed by atoms with Crippen molar-refractivity contribution >= 4 is 18.1 Å². The van der Waals surface area contributed by atoms with E-state index in [0.29, 0.717) is 5.70 Å². The lowest BCUT2D eigenvalue weighted by Gasteiger charge is -2.00. The Bertz CT molecular complexity index is 508. The van der Waals surface area contributed by atoms with E-state index < -0.39 is 0 Å². The first-order valence-corrected chi connectivity index (χ1v) is 4.32. The van der Waals surface area contributed by atoms with E-state index in [1.165, 1.54) is 5.56 Å². The number of aliphatic imine (C=N–C) groups is 1. The normalized spacial score (nSPS) is 10.4. The third-order valence-corrected chi connectivity index (χ3v) is 2.16. The zero-order valence-corrected chi connectivity index (χ0v) is 8.07. The van der Waals surface area contributed by atoms with Gasteiger partial charge in [0, 0.05) is 6.20 Å². The van der Waals surface area contributed by atoms with Gasteiger partial charge in [0.1, 0.15) is 5.65 Å². The van der Waals surface area contributed by atoms with Gasteiger partial charge in [-0.15, -0.1) is 0 Å². The molecule has 70 valence electrons. The van der Waals surface area contributed by atoms with Crippen molar-refractivity contribution in [2.75, 3.05) is 0 Å². The van der Waals surface area contributed by atoms with Crippen molar-refractivity contribution in [3.8, 4) is 0 Å². The number of hydrogen-bond acceptors (Lipinski definition) is 2. The second-order valence-electron chi connectivity index (χ2n) is 3.18. The summed E-state index contributed by atoms with van der Waals surface area (Å²) < 4.78 is 1.95. The topological polar surface area (TPSA) is 29.7 Å². The number of nitrogens with zero attached hydrogens (tertiary/aromatic N) is 3. The predicted octanol–water partition coefficient (Wildman–Crippen LogP) is 2.31. The molecule has 2 rings (SSSR count). The minimum atomic E-state index is 0.640. The number of pyridine rings is 1. The maximum atomic E-state index is 4.26. The molecule has 14 heavy (non-hydrogen) atoms. The zero-order valence-electron chi connectivity index (χ0n) is 8.07. The minimum Gasteiger partial charge on any atom is -0.298 e. The summed E-state index contributed by atoms with van der Waals surface area (Å²) in [6, 6.07) is 4.04. The minimum absolute atomic E-state index is 0.640. The highest BCUT2D eigenvalue weighted by molar-refractivity contribution is 5.65. The summed E-state index contributed by atoms with van der Waals surface area (Å²) >= 11 is 0. The Kier molecular flexibility index (Phi) is 1.93. The smallest absolute Gasteiger partial charge is 0.137 e. The van der Waals surface area contributed by atoms with E-state index in [-0.39, 0.29) is 0 Å². The first-order chi connectivity index (χ1) is 6.72. The summed E-state index contributed by atoms with van der Waals surface area (Å²) in [6.07, 6.45) is 3.72. The number of aryl methyl sites for hydroxylation is 1. The van der Waals surface area contributed by atoms with Crippen molar-refractivity contribution in [3.63, 3.8) is 0 Å². The molecule has 3 nitrogen and oxygen atoms in total. The van der Waals surface area contributed by atoms with Crippen molar-refractivity contribution in [2.45, 2.75) is 6.92 Å². The van der Waals surface area contributed by atoms with Gasteiger partial charge in [-0.2, -0.15) is 0 Å². The van der Waals surface area contributed by atoms with Crippen LogP contribution in [-0.4, -0.2) is 16.1 Å². The van der Waals surface area contributed by atoms with E-state index in [9.17, 15) is 0 Å². The number of rotatable bonds is 2. The summed E-state index contributed by atoms with van der Waals surface area (Å²) in [4.78, 5) is 8.06. The highest BCUT2D eigenvalue weighted by atomic mass is 15.0. The van der Waals surface area contributed by atoms with Gasteiger partial charge in [-0.3, -0.25) is 9.39 Å². The van der Waals surface area contributed by atoms with Gasteiger partial charge in [0.05, 0.1) is 17.6 Å². The Morgan fingerprint density at radius 2 is 2.36 bits per heavy atom. The number of hydrogen-bond donors (Lipinski definition) is 0. The second kappa shape index (κ2) is 3.10. The quantitative estimate of drug-likeness (QED) is 0.660. The Morgan fingerprint density at radius 1 is 1.57 bits per heavy atom. The molecule has 0 N–H and O–H groups in total. The molecule has 0 aliphatic heterocycles. The van der Waals surface area contributed by atoms with Crippen molar-refractivity contribution in [1.82, 2.24) is 9.38 Å². The lowest BCUT2D eigenvalue weighted by Crippen LogP contribution is -1.89. The molecule has 2 aromatic rings. The Morgan fingerprint density at radius 3 is 3.07 bits per heavy atom. The molecule has 0 saturated heterocycles. The molecule has 0 radical (unpaired) electrons. The maximum absolute atomic E-state index is 4.26. The summed E-state index contributed by atoms with van der Waals surface area (Å²) in [5, 5.41) is 0. The molecule has 0 bridgehead atoms. The lowest BCUT2D eigenvalue weighted by atomic mass is 10.3. The maximum Gasteiger partial charge on any atom is 0.137 e. The molecular weight excluding hydrogens is 174 g/mol. The second-order valence-corrected chi connectivity index (χ2v) is 3.18. The molecule has 0 aliphatic rings. The molecule has 0 fully saturated rings. The van der Waals surface area contributed by atoms with Crippen LogP contribution in [0.5, 0.6) is 0 Å². The summed E-state index contributed by atoms with van der Waals surface area (Å²) in [6.45, 7) is 9.29. The van der Waals surface area contributed by atoms with Crippen LogP contribution in [-0.2, 0) is 0 Å². The highest BCUT2D eigenvalue weighted by Gasteiger charge is 2.04. The first kappa shape index (κ1) is 8.69. The fraction of sp³-hybridized carbons (Fsp3) is 0.0909. The van der Waals surface area contributed by atoms with Gasteiger partial charge in [0.15, 0.2) is 0 Å². The Balaban J connectivity index is 2.69. The van der Waals surface area contributed by atoms with E-state index in [1.54, 1.807) is 6.20 Å². The van der Waals surface area contributed by atoms with Crippen molar-refractivity contribution < 1.29 is 0 Å². The van der Waals surface area contributed by atoms with E-state index in [2.05, 4.69) is 23.3 Å². The number of imidazole rings is 1. The molecular formula is C11H11N3. The Labute approximate surface area is 82.4 Å². The lowest BCUT2D eigenvalue weighted by molar-refractivity contribution is 1.14. The fourth-order valence-corrected chi connectivity index (χ4v) is 1.38. The van der Waals surface area contributed by atoms with Crippen LogP contribution in [0.2, 0.25) is 0 Å². The van der Waals surface area contributed by atoms with Crippen LogP contribution in [0.25, 0.3) is 11.3 Å². The van der Waals surface area contributed by atoms with Crippen LogP contribution < -0.4 is 0 Å². The molecule has 2 aromatic heterocycles. The average molecular weight is 185 g/mol. The fourth-order valence-electron chi connectivity index (χ4n) is 1.38. The van der Waals surface area contributed by atoms with Gasteiger partial charge in [0.2, 0.25) is 0 Å². The third-order valence-electron chi connectivity index (χ3n) is 2.16. The summed E-state index contributed by atoms with van der Waals surface area (Å²) in [5.41, 5.74) is 3.62. The predicted molar refractivity (Wildman–Crippen MR) is 58.5 cm³/mol. The van der Waals surface area contributed by atoms with Gasteiger partial charge >= 0.3 is 0 Å². The van der Waals surface area contributed by atoms with Crippen LogP contribution in [0.1, 0.15) is 11.3 Å². The molecule has 0 unspecified atom stereocenters. The number of fused-ring (bicyclic) bond motifs is 1. The monoisotopic (exact) mass is 185 g/mol. The average Bonchev–Trinajstić information content (AvgIpc) is 2.59. The molecule has 0 atom stereocenters. The van der Waals surface area contributed by atoms with Gasteiger partial charge in [-0.05, 0) is 31.3 Å². The largest absolute Gasteiger partial charge is 0.298 e. The van der Waals surface area contributed by atoms with Crippen LogP contribution >= 0.6 is 0 Å². The van der Waals surface area contributed by atoms with Crippen molar-refractivity contribution in [2.24, 2.45) is 4.99 Å². The molecule has 0 amide bonds. The van der Waals surface area contributed by atoms with Crippen LogP contribution in [0.4, 0.5) is 0 Å². The molecule has 0 spiro atoms. The van der Waals surface area contributed by atoms with Gasteiger partial charge in [-0.1, -0.05) is 6.58 Å². The van der Waals surface area contributed by atoms with Gasteiger partial charge in [0.25, 0.3) is 0 Å². The molecule has 0 aliphatic carbocycles. The first-order valence-electron chi connectivity index (χ1n) is 4.32. The van der Waals surface area contributed by atoms with E-state index >= 15 is 0 Å². The van der Waals surface area contributed by atoms with Gasteiger partial charge < -0.3 is 0 Å². The van der Waals surface area contributed by atoms with Crippen LogP contribution in [0, 0.1) is 6.92 Å². The SMILES string of the molecule is C=NC(=C)c1cnc2cc(C)ccn12. The number of aromatic nitrogens is 2. The molecule has 2 heterocycles. The van der Waals surface area contributed by atoms with Gasteiger partial charge in [-0.25, -0.2) is 4.98 Å². The van der Waals surface area contributed by atoms with Crippen molar-refractivity contribution in [1.29, 1.82) is 0 Å². The zero-order chi connectivity index (χ0) is 10.1. The van der Waals surface area contributed by atoms with Crippen molar-refractivity contribution in [3.05, 3.63) is 42.4 Å². The summed E-state index contributed by atoms with van der Waals surface area (Å²) in [7, 11) is 0. The third kappa shape index (κ3) is 1.23.